The smallest absolute Gasteiger partial charge is 0.341 e. The number of furan rings is 1. The fourth-order valence-electron chi connectivity index (χ4n) is 2.54. The minimum atomic E-state index is -1.05. The van der Waals surface area contributed by atoms with Gasteiger partial charge in [0.1, 0.15) is 17.6 Å². The third kappa shape index (κ3) is 4.84. The molecular weight excluding hydrogens is 326 g/mol. The van der Waals surface area contributed by atoms with Gasteiger partial charge in [-0.15, -0.1) is 0 Å². The number of benzene rings is 1. The Hall–Kier alpha value is -2.80. The predicted molar refractivity (Wildman–Crippen MR) is 89.8 cm³/mol. The topological polar surface area (TPSA) is 98.0 Å². The summed E-state index contributed by atoms with van der Waals surface area (Å²) in [6.07, 6.45) is 1.53. The van der Waals surface area contributed by atoms with Gasteiger partial charge in [-0.25, -0.2) is 4.79 Å². The molecule has 0 spiro atoms. The van der Waals surface area contributed by atoms with Gasteiger partial charge in [-0.3, -0.25) is 4.79 Å². The van der Waals surface area contributed by atoms with Crippen molar-refractivity contribution >= 4 is 11.9 Å². The summed E-state index contributed by atoms with van der Waals surface area (Å²) < 4.78 is 15.7. The van der Waals surface area contributed by atoms with Crippen LogP contribution < -0.4 is 10.1 Å². The molecule has 0 saturated heterocycles. The van der Waals surface area contributed by atoms with E-state index in [4.69, 9.17) is 19.0 Å². The van der Waals surface area contributed by atoms with Crippen LogP contribution in [0.4, 0.5) is 0 Å². The number of ether oxygens (including phenoxy) is 2. The highest BCUT2D eigenvalue weighted by atomic mass is 16.5. The van der Waals surface area contributed by atoms with Crippen LogP contribution in [0.25, 0.3) is 0 Å². The highest BCUT2D eigenvalue weighted by molar-refractivity contribution is 5.95. The SMILES string of the molecule is COCC(NC(=O)c1cc(C)c(OCC(=O)O)c(C)c1)c1ccco1. The number of carbonyl (C=O) groups is 2. The van der Waals surface area contributed by atoms with E-state index in [2.05, 4.69) is 5.32 Å². The van der Waals surface area contributed by atoms with Crippen LogP contribution in [0.1, 0.15) is 33.3 Å². The average Bonchev–Trinajstić information content (AvgIpc) is 3.07. The van der Waals surface area contributed by atoms with Crippen LogP contribution in [0.3, 0.4) is 0 Å². The molecule has 7 nitrogen and oxygen atoms in total. The van der Waals surface area contributed by atoms with Gasteiger partial charge in [0.25, 0.3) is 5.91 Å². The maximum Gasteiger partial charge on any atom is 0.341 e. The number of carbonyl (C=O) groups excluding carboxylic acids is 1. The second kappa shape index (κ2) is 8.34. The molecule has 2 aromatic rings. The Morgan fingerprint density at radius 2 is 1.96 bits per heavy atom. The van der Waals surface area contributed by atoms with Gasteiger partial charge in [-0.05, 0) is 49.2 Å². The Morgan fingerprint density at radius 3 is 2.48 bits per heavy atom. The lowest BCUT2D eigenvalue weighted by Gasteiger charge is -2.17. The van der Waals surface area contributed by atoms with E-state index in [0.29, 0.717) is 28.2 Å². The first-order valence-electron chi connectivity index (χ1n) is 7.71. The summed E-state index contributed by atoms with van der Waals surface area (Å²) in [6.45, 7) is 3.37. The normalized spacial score (nSPS) is 11.8. The monoisotopic (exact) mass is 347 g/mol. The number of rotatable bonds is 8. The minimum absolute atomic E-state index is 0.275. The van der Waals surface area contributed by atoms with Crippen molar-refractivity contribution in [2.45, 2.75) is 19.9 Å². The molecule has 0 fully saturated rings. The highest BCUT2D eigenvalue weighted by Crippen LogP contribution is 2.25. The molecule has 0 saturated carbocycles. The van der Waals surface area contributed by atoms with Gasteiger partial charge < -0.3 is 24.3 Å². The Labute approximate surface area is 145 Å². The second-order valence-corrected chi connectivity index (χ2v) is 5.62. The largest absolute Gasteiger partial charge is 0.481 e. The molecule has 2 rings (SSSR count). The number of hydrogen-bond donors (Lipinski definition) is 2. The molecule has 1 aromatic carbocycles. The molecule has 1 amide bonds. The van der Waals surface area contributed by atoms with Gasteiger partial charge in [-0.2, -0.15) is 0 Å². The highest BCUT2D eigenvalue weighted by Gasteiger charge is 2.19. The van der Waals surface area contributed by atoms with Gasteiger partial charge >= 0.3 is 5.97 Å². The summed E-state index contributed by atoms with van der Waals surface area (Å²) >= 11 is 0. The molecule has 0 radical (unpaired) electrons. The average molecular weight is 347 g/mol. The summed E-state index contributed by atoms with van der Waals surface area (Å²) in [5, 5.41) is 11.6. The van der Waals surface area contributed by atoms with Crippen molar-refractivity contribution < 1.29 is 28.6 Å². The first-order valence-corrected chi connectivity index (χ1v) is 7.71. The summed E-state index contributed by atoms with van der Waals surface area (Å²) in [7, 11) is 1.55. The van der Waals surface area contributed by atoms with Crippen molar-refractivity contribution in [3.8, 4) is 5.75 Å². The van der Waals surface area contributed by atoms with Crippen LogP contribution in [-0.4, -0.2) is 37.3 Å². The maximum atomic E-state index is 12.6. The molecule has 0 aliphatic rings. The fourth-order valence-corrected chi connectivity index (χ4v) is 2.54. The first kappa shape index (κ1) is 18.5. The summed E-state index contributed by atoms with van der Waals surface area (Å²) in [5.41, 5.74) is 1.82. The molecule has 0 bridgehead atoms. The Bertz CT molecular complexity index is 715. The lowest BCUT2D eigenvalue weighted by atomic mass is 10.0. The van der Waals surface area contributed by atoms with Crippen molar-refractivity contribution in [2.24, 2.45) is 0 Å². The van der Waals surface area contributed by atoms with E-state index < -0.39 is 18.6 Å². The van der Waals surface area contributed by atoms with E-state index in [0.717, 1.165) is 0 Å². The number of hydrogen-bond acceptors (Lipinski definition) is 5. The van der Waals surface area contributed by atoms with Gasteiger partial charge in [0.15, 0.2) is 6.61 Å². The summed E-state index contributed by atoms with van der Waals surface area (Å²) in [6, 6.07) is 6.42. The molecule has 2 N–H and O–H groups in total. The number of methoxy groups -OCH3 is 1. The molecule has 0 aliphatic heterocycles. The minimum Gasteiger partial charge on any atom is -0.481 e. The van der Waals surface area contributed by atoms with E-state index in [-0.39, 0.29) is 12.5 Å². The van der Waals surface area contributed by atoms with Crippen LogP contribution in [-0.2, 0) is 9.53 Å². The lowest BCUT2D eigenvalue weighted by molar-refractivity contribution is -0.139. The van der Waals surface area contributed by atoms with Crippen molar-refractivity contribution in [1.82, 2.24) is 5.32 Å². The van der Waals surface area contributed by atoms with Crippen LogP contribution >= 0.6 is 0 Å². The third-order valence-electron chi connectivity index (χ3n) is 3.59. The van der Waals surface area contributed by atoms with E-state index in [1.54, 1.807) is 45.2 Å². The second-order valence-electron chi connectivity index (χ2n) is 5.62. The molecule has 134 valence electrons. The number of aryl methyl sites for hydroxylation is 2. The molecule has 1 heterocycles. The molecule has 1 aromatic heterocycles. The van der Waals surface area contributed by atoms with Crippen molar-refractivity contribution in [3.63, 3.8) is 0 Å². The Morgan fingerprint density at radius 1 is 1.28 bits per heavy atom. The number of carboxylic acid groups (broad SMARTS) is 1. The molecule has 0 aliphatic carbocycles. The standard InChI is InChI=1S/C18H21NO6/c1-11-7-13(8-12(2)17(11)25-10-16(20)21)18(22)19-14(9-23-3)15-5-4-6-24-15/h4-8,14H,9-10H2,1-3H3,(H,19,22)(H,20,21). The van der Waals surface area contributed by atoms with Gasteiger partial charge in [-0.1, -0.05) is 0 Å². The van der Waals surface area contributed by atoms with Crippen LogP contribution in [0, 0.1) is 13.8 Å². The summed E-state index contributed by atoms with van der Waals surface area (Å²) in [5.74, 6) is -0.264. The quantitative estimate of drug-likeness (QED) is 0.761. The van der Waals surface area contributed by atoms with E-state index in [1.807, 2.05) is 0 Å². The molecular formula is C18H21NO6. The maximum absolute atomic E-state index is 12.6. The van der Waals surface area contributed by atoms with E-state index in [9.17, 15) is 9.59 Å². The number of amides is 1. The third-order valence-corrected chi connectivity index (χ3v) is 3.59. The molecule has 1 atom stereocenters. The first-order chi connectivity index (χ1) is 11.9. The van der Waals surface area contributed by atoms with Gasteiger partial charge in [0.2, 0.25) is 0 Å². The van der Waals surface area contributed by atoms with Gasteiger partial charge in [0, 0.05) is 12.7 Å². The zero-order valence-corrected chi connectivity index (χ0v) is 14.4. The Balaban J connectivity index is 2.17. The van der Waals surface area contributed by atoms with Crippen LogP contribution in [0.15, 0.2) is 34.9 Å². The van der Waals surface area contributed by atoms with Gasteiger partial charge in [0.05, 0.1) is 12.9 Å². The van der Waals surface area contributed by atoms with Crippen LogP contribution in [0.2, 0.25) is 0 Å². The van der Waals surface area contributed by atoms with Crippen molar-refractivity contribution in [2.75, 3.05) is 20.3 Å². The van der Waals surface area contributed by atoms with Crippen molar-refractivity contribution in [1.29, 1.82) is 0 Å². The van der Waals surface area contributed by atoms with Crippen LogP contribution in [0.5, 0.6) is 5.75 Å². The predicted octanol–water partition coefficient (Wildman–Crippen LogP) is 2.48. The number of carboxylic acids is 1. The lowest BCUT2D eigenvalue weighted by Crippen LogP contribution is -2.31. The zero-order chi connectivity index (χ0) is 18.4. The molecule has 25 heavy (non-hydrogen) atoms. The molecule has 1 unspecified atom stereocenters. The fraction of sp³-hybridized carbons (Fsp3) is 0.333. The Kier molecular flexibility index (Phi) is 6.19. The number of aliphatic carboxylic acids is 1. The van der Waals surface area contributed by atoms with E-state index >= 15 is 0 Å². The molecule has 7 heteroatoms. The summed E-state index contributed by atoms with van der Waals surface area (Å²) in [4.78, 5) is 23.2. The van der Waals surface area contributed by atoms with E-state index in [1.165, 1.54) is 6.26 Å². The zero-order valence-electron chi connectivity index (χ0n) is 14.4. The number of nitrogens with one attached hydrogen (secondary N) is 1. The van der Waals surface area contributed by atoms with Crippen molar-refractivity contribution in [3.05, 3.63) is 53.0 Å².